The van der Waals surface area contributed by atoms with Crippen LogP contribution in [0.5, 0.6) is 0 Å². The van der Waals surface area contributed by atoms with Gasteiger partial charge in [0.05, 0.1) is 30.0 Å². The summed E-state index contributed by atoms with van der Waals surface area (Å²) in [6.45, 7) is 0.203. The minimum Gasteiger partial charge on any atom is -0.394 e. The van der Waals surface area contributed by atoms with Gasteiger partial charge in [-0.05, 0) is 12.1 Å². The van der Waals surface area contributed by atoms with Crippen LogP contribution in [-0.4, -0.2) is 35.8 Å². The van der Waals surface area contributed by atoms with E-state index in [9.17, 15) is 14.9 Å². The third-order valence-electron chi connectivity index (χ3n) is 3.12. The molecule has 0 atom stereocenters. The molecular formula is C13H12N6O4. The number of hydrogen-bond donors (Lipinski definition) is 2. The molecule has 10 nitrogen and oxygen atoms in total. The van der Waals surface area contributed by atoms with Crippen LogP contribution in [0.25, 0.3) is 5.65 Å². The smallest absolute Gasteiger partial charge is 0.376 e. The van der Waals surface area contributed by atoms with Gasteiger partial charge in [-0.2, -0.15) is 5.10 Å². The zero-order valence-electron chi connectivity index (χ0n) is 11.8. The van der Waals surface area contributed by atoms with Crippen LogP contribution >= 0.6 is 0 Å². The maximum atomic E-state index is 12.3. The Morgan fingerprint density at radius 2 is 2.22 bits per heavy atom. The third kappa shape index (κ3) is 2.74. The number of rotatable bonds is 5. The van der Waals surface area contributed by atoms with Gasteiger partial charge in [0.15, 0.2) is 0 Å². The first-order valence-corrected chi connectivity index (χ1v) is 6.66. The van der Waals surface area contributed by atoms with Gasteiger partial charge in [-0.15, -0.1) is 0 Å². The number of hydrogen-bond acceptors (Lipinski definition) is 7. The molecule has 0 aliphatic carbocycles. The van der Waals surface area contributed by atoms with E-state index in [-0.39, 0.29) is 24.6 Å². The molecule has 118 valence electrons. The average molecular weight is 316 g/mol. The molecule has 0 aliphatic rings. The van der Waals surface area contributed by atoms with Crippen molar-refractivity contribution in [2.75, 3.05) is 11.9 Å². The molecule has 3 heterocycles. The summed E-state index contributed by atoms with van der Waals surface area (Å²) >= 11 is 0. The van der Waals surface area contributed by atoms with Crippen LogP contribution in [0.4, 0.5) is 17.2 Å². The molecule has 0 bridgehead atoms. The molecule has 0 spiro atoms. The summed E-state index contributed by atoms with van der Waals surface area (Å²) in [5, 5.41) is 26.8. The van der Waals surface area contributed by atoms with Crippen LogP contribution < -0.4 is 10.9 Å². The van der Waals surface area contributed by atoms with Gasteiger partial charge in [0.2, 0.25) is 5.82 Å². The van der Waals surface area contributed by atoms with Gasteiger partial charge in [-0.3, -0.25) is 24.0 Å². The summed E-state index contributed by atoms with van der Waals surface area (Å²) in [6, 6.07) is 4.84. The lowest BCUT2D eigenvalue weighted by Crippen LogP contribution is -2.20. The van der Waals surface area contributed by atoms with E-state index >= 15 is 0 Å². The Hall–Kier alpha value is -3.27. The van der Waals surface area contributed by atoms with Gasteiger partial charge in [-0.25, -0.2) is 4.98 Å². The Morgan fingerprint density at radius 3 is 2.96 bits per heavy atom. The van der Waals surface area contributed by atoms with Crippen molar-refractivity contribution in [1.82, 2.24) is 19.2 Å². The fourth-order valence-corrected chi connectivity index (χ4v) is 2.12. The van der Waals surface area contributed by atoms with Crippen LogP contribution in [-0.2, 0) is 6.54 Å². The molecule has 0 saturated carbocycles. The number of aliphatic hydroxyl groups excluding tert-OH is 1. The Kier molecular flexibility index (Phi) is 3.73. The van der Waals surface area contributed by atoms with Gasteiger partial charge in [0.25, 0.3) is 0 Å². The number of anilines is 2. The Bertz CT molecular complexity index is 932. The molecule has 0 radical (unpaired) electrons. The minimum absolute atomic E-state index is 0.0865. The fraction of sp³-hybridized carbons (Fsp3) is 0.154. The lowest BCUT2D eigenvalue weighted by molar-refractivity contribution is -0.385. The van der Waals surface area contributed by atoms with E-state index in [0.29, 0.717) is 5.69 Å². The van der Waals surface area contributed by atoms with Gasteiger partial charge >= 0.3 is 11.2 Å². The zero-order valence-corrected chi connectivity index (χ0v) is 11.8. The van der Waals surface area contributed by atoms with Gasteiger partial charge in [-0.1, -0.05) is 6.07 Å². The second-order valence-electron chi connectivity index (χ2n) is 4.64. The van der Waals surface area contributed by atoms with Crippen molar-refractivity contribution in [2.45, 2.75) is 6.54 Å². The van der Waals surface area contributed by atoms with E-state index in [1.807, 2.05) is 0 Å². The van der Waals surface area contributed by atoms with Crippen molar-refractivity contribution in [2.24, 2.45) is 0 Å². The molecule has 0 aromatic carbocycles. The lowest BCUT2D eigenvalue weighted by atomic mass is 10.4. The van der Waals surface area contributed by atoms with Crippen molar-refractivity contribution in [1.29, 1.82) is 0 Å². The first-order chi connectivity index (χ1) is 11.1. The molecule has 10 heteroatoms. The number of nitro groups is 1. The number of fused-ring (bicyclic) bond motifs is 1. The predicted octanol–water partition coefficient (Wildman–Crippen LogP) is 0.535. The minimum atomic E-state index is -0.772. The van der Waals surface area contributed by atoms with Crippen molar-refractivity contribution >= 4 is 22.8 Å². The summed E-state index contributed by atoms with van der Waals surface area (Å²) in [6.07, 6.45) is 4.39. The maximum Gasteiger partial charge on any atom is 0.376 e. The maximum absolute atomic E-state index is 12.3. The van der Waals surface area contributed by atoms with E-state index in [4.69, 9.17) is 5.11 Å². The van der Waals surface area contributed by atoms with E-state index in [0.717, 1.165) is 4.40 Å². The summed E-state index contributed by atoms with van der Waals surface area (Å²) in [5.74, 6) is -0.158. The summed E-state index contributed by atoms with van der Waals surface area (Å²) in [7, 11) is 0. The highest BCUT2D eigenvalue weighted by Gasteiger charge is 2.23. The highest BCUT2D eigenvalue weighted by atomic mass is 16.6. The van der Waals surface area contributed by atoms with E-state index < -0.39 is 16.2 Å². The Balaban J connectivity index is 2.09. The normalized spacial score (nSPS) is 10.8. The molecule has 0 saturated heterocycles. The summed E-state index contributed by atoms with van der Waals surface area (Å²) in [4.78, 5) is 26.9. The number of aromatic nitrogens is 4. The topological polar surface area (TPSA) is 128 Å². The molecule has 23 heavy (non-hydrogen) atoms. The third-order valence-corrected chi connectivity index (χ3v) is 3.12. The second kappa shape index (κ2) is 5.85. The summed E-state index contributed by atoms with van der Waals surface area (Å²) < 4.78 is 2.57. The SMILES string of the molecule is O=c1c([N+](=O)[O-])c(Nc2cnn(CCO)c2)nc2ccccn12. The largest absolute Gasteiger partial charge is 0.394 e. The predicted molar refractivity (Wildman–Crippen MR) is 80.7 cm³/mol. The van der Waals surface area contributed by atoms with Gasteiger partial charge in [0.1, 0.15) is 5.65 Å². The van der Waals surface area contributed by atoms with Crippen LogP contribution in [0.3, 0.4) is 0 Å². The number of pyridine rings is 1. The lowest BCUT2D eigenvalue weighted by Gasteiger charge is -2.06. The zero-order chi connectivity index (χ0) is 16.4. The van der Waals surface area contributed by atoms with E-state index in [2.05, 4.69) is 15.4 Å². The quantitative estimate of drug-likeness (QED) is 0.519. The number of aliphatic hydroxyl groups is 1. The molecule has 3 aromatic rings. The van der Waals surface area contributed by atoms with E-state index in [1.165, 1.54) is 17.1 Å². The second-order valence-corrected chi connectivity index (χ2v) is 4.64. The monoisotopic (exact) mass is 316 g/mol. The van der Waals surface area contributed by atoms with E-state index in [1.54, 1.807) is 24.4 Å². The van der Waals surface area contributed by atoms with Crippen molar-refractivity contribution in [3.63, 3.8) is 0 Å². The van der Waals surface area contributed by atoms with Crippen molar-refractivity contribution in [3.8, 4) is 0 Å². The molecule has 0 unspecified atom stereocenters. The highest BCUT2D eigenvalue weighted by molar-refractivity contribution is 5.66. The molecule has 3 aromatic heterocycles. The Labute approximate surface area is 128 Å². The van der Waals surface area contributed by atoms with Crippen LogP contribution in [0.15, 0.2) is 41.6 Å². The van der Waals surface area contributed by atoms with Crippen LogP contribution in [0.1, 0.15) is 0 Å². The highest BCUT2D eigenvalue weighted by Crippen LogP contribution is 2.22. The van der Waals surface area contributed by atoms with Crippen molar-refractivity contribution in [3.05, 3.63) is 57.3 Å². The number of nitrogens with zero attached hydrogens (tertiary/aromatic N) is 5. The molecular weight excluding hydrogens is 304 g/mol. The molecule has 0 aliphatic heterocycles. The van der Waals surface area contributed by atoms with Gasteiger partial charge in [0, 0.05) is 12.4 Å². The van der Waals surface area contributed by atoms with Crippen LogP contribution in [0, 0.1) is 10.1 Å². The molecule has 3 rings (SSSR count). The van der Waals surface area contributed by atoms with Gasteiger partial charge < -0.3 is 10.4 Å². The molecule has 2 N–H and O–H groups in total. The molecule has 0 fully saturated rings. The standard InChI is InChI=1S/C13H12N6O4/c20-6-5-17-8-9(7-14-17)15-12-11(19(22)23)13(21)18-4-2-1-3-10(18)16-12/h1-4,7-8,15,20H,5-6H2. The number of nitrogens with one attached hydrogen (secondary N) is 1. The average Bonchev–Trinajstić information content (AvgIpc) is 2.95. The summed E-state index contributed by atoms with van der Waals surface area (Å²) in [5.41, 5.74) is -0.712. The van der Waals surface area contributed by atoms with Crippen molar-refractivity contribution < 1.29 is 10.0 Å². The molecule has 0 amide bonds. The Morgan fingerprint density at radius 1 is 1.39 bits per heavy atom. The first kappa shape index (κ1) is 14.7. The first-order valence-electron chi connectivity index (χ1n) is 6.66. The fourth-order valence-electron chi connectivity index (χ4n) is 2.12. The van der Waals surface area contributed by atoms with Crippen LogP contribution in [0.2, 0.25) is 0 Å².